The second-order valence-electron chi connectivity index (χ2n) is 3.82. The zero-order valence-corrected chi connectivity index (χ0v) is 9.54. The number of anilines is 1. The Morgan fingerprint density at radius 2 is 2.06 bits per heavy atom. The number of aromatic nitrogens is 3. The van der Waals surface area contributed by atoms with E-state index in [0.717, 1.165) is 11.2 Å². The van der Waals surface area contributed by atoms with Gasteiger partial charge in [0.25, 0.3) is 0 Å². The van der Waals surface area contributed by atoms with Gasteiger partial charge in [0.1, 0.15) is 5.69 Å². The van der Waals surface area contributed by atoms with Gasteiger partial charge in [-0.25, -0.2) is 9.50 Å². The Bertz CT molecular complexity index is 762. The molecule has 2 aromatic heterocycles. The van der Waals surface area contributed by atoms with Crippen molar-refractivity contribution in [3.05, 3.63) is 60.0 Å². The zero-order chi connectivity index (χ0) is 12.4. The number of nitrogen functional groups attached to an aromatic ring is 1. The molecule has 3 rings (SSSR count). The van der Waals surface area contributed by atoms with Crippen molar-refractivity contribution in [3.63, 3.8) is 0 Å². The quantitative estimate of drug-likeness (QED) is 0.476. The fraction of sp³-hybridized carbons (Fsp3) is 0. The van der Waals surface area contributed by atoms with Gasteiger partial charge in [-0.05, 0) is 36.3 Å². The van der Waals surface area contributed by atoms with Crippen LogP contribution in [0.15, 0.2) is 48.8 Å². The first-order valence-corrected chi connectivity index (χ1v) is 5.49. The highest BCUT2D eigenvalue weighted by atomic mass is 15.2. The van der Waals surface area contributed by atoms with E-state index in [0.29, 0.717) is 11.4 Å². The van der Waals surface area contributed by atoms with Crippen LogP contribution in [0.3, 0.4) is 0 Å². The van der Waals surface area contributed by atoms with E-state index in [1.807, 2.05) is 36.4 Å². The molecule has 86 valence electrons. The van der Waals surface area contributed by atoms with E-state index < -0.39 is 0 Å². The van der Waals surface area contributed by atoms with E-state index in [9.17, 15) is 0 Å². The van der Waals surface area contributed by atoms with Crippen LogP contribution in [0.5, 0.6) is 0 Å². The summed E-state index contributed by atoms with van der Waals surface area (Å²) in [6, 6.07) is 11.2. The van der Waals surface area contributed by atoms with Gasteiger partial charge in [0.05, 0.1) is 0 Å². The molecule has 0 bridgehead atoms. The maximum Gasteiger partial charge on any atom is 0.153 e. The largest absolute Gasteiger partial charge is 0.399 e. The van der Waals surface area contributed by atoms with Crippen LogP contribution in [-0.4, -0.2) is 14.6 Å². The number of nitrogens with zero attached hydrogens (tertiary/aromatic N) is 3. The summed E-state index contributed by atoms with van der Waals surface area (Å²) in [5.74, 6) is 6.04. The van der Waals surface area contributed by atoms with Crippen LogP contribution in [0.25, 0.3) is 5.65 Å². The van der Waals surface area contributed by atoms with E-state index >= 15 is 0 Å². The van der Waals surface area contributed by atoms with Crippen LogP contribution in [0.4, 0.5) is 5.69 Å². The molecule has 0 fully saturated rings. The molecule has 1 aromatic carbocycles. The molecule has 0 radical (unpaired) electrons. The van der Waals surface area contributed by atoms with Crippen LogP contribution in [-0.2, 0) is 0 Å². The van der Waals surface area contributed by atoms with Crippen LogP contribution >= 0.6 is 0 Å². The van der Waals surface area contributed by atoms with Gasteiger partial charge in [-0.3, -0.25) is 0 Å². The topological polar surface area (TPSA) is 56.2 Å². The van der Waals surface area contributed by atoms with Gasteiger partial charge in [-0.15, -0.1) is 0 Å². The van der Waals surface area contributed by atoms with Gasteiger partial charge in [-0.2, -0.15) is 5.10 Å². The third-order valence-electron chi connectivity index (χ3n) is 2.48. The molecule has 0 saturated heterocycles. The Morgan fingerprint density at radius 3 is 2.94 bits per heavy atom. The van der Waals surface area contributed by atoms with Gasteiger partial charge >= 0.3 is 0 Å². The number of benzene rings is 1. The number of hydrogen-bond acceptors (Lipinski definition) is 3. The van der Waals surface area contributed by atoms with Gasteiger partial charge in [0, 0.05) is 23.6 Å². The van der Waals surface area contributed by atoms with Crippen molar-refractivity contribution in [1.29, 1.82) is 0 Å². The minimum atomic E-state index is 0.697. The van der Waals surface area contributed by atoms with E-state index in [2.05, 4.69) is 21.9 Å². The van der Waals surface area contributed by atoms with Crippen molar-refractivity contribution < 1.29 is 0 Å². The molecule has 2 N–H and O–H groups in total. The molecule has 0 saturated carbocycles. The molecule has 0 aliphatic rings. The highest BCUT2D eigenvalue weighted by Crippen LogP contribution is 2.05. The predicted octanol–water partition coefficient (Wildman–Crippen LogP) is 1.71. The molecule has 4 nitrogen and oxygen atoms in total. The SMILES string of the molecule is Nc1cccc(C#Cc2ccc3nccn3n2)c1. The number of hydrogen-bond donors (Lipinski definition) is 1. The number of nitrogens with two attached hydrogens (primary N) is 1. The molecule has 4 heteroatoms. The zero-order valence-electron chi connectivity index (χ0n) is 9.54. The van der Waals surface area contributed by atoms with Gasteiger partial charge in [0.2, 0.25) is 0 Å². The fourth-order valence-electron chi connectivity index (χ4n) is 1.63. The van der Waals surface area contributed by atoms with Crippen LogP contribution in [0, 0.1) is 11.8 Å². The van der Waals surface area contributed by atoms with E-state index in [-0.39, 0.29) is 0 Å². The predicted molar refractivity (Wildman–Crippen MR) is 69.8 cm³/mol. The lowest BCUT2D eigenvalue weighted by Gasteiger charge is -1.94. The second kappa shape index (κ2) is 4.22. The Balaban J connectivity index is 1.97. The monoisotopic (exact) mass is 234 g/mol. The summed E-state index contributed by atoms with van der Waals surface area (Å²) in [5, 5.41) is 4.32. The molecule has 0 aliphatic carbocycles. The molecule has 0 spiro atoms. The van der Waals surface area contributed by atoms with Gasteiger partial charge < -0.3 is 5.73 Å². The molecule has 0 aliphatic heterocycles. The smallest absolute Gasteiger partial charge is 0.153 e. The number of imidazole rings is 1. The van der Waals surface area contributed by atoms with Crippen LogP contribution < -0.4 is 5.73 Å². The molecule has 2 heterocycles. The average molecular weight is 234 g/mol. The normalized spacial score (nSPS) is 10.0. The minimum Gasteiger partial charge on any atom is -0.399 e. The first kappa shape index (κ1) is 10.4. The van der Waals surface area contributed by atoms with Gasteiger partial charge in [-0.1, -0.05) is 12.0 Å². The first-order valence-electron chi connectivity index (χ1n) is 5.49. The molecular formula is C14H10N4. The van der Waals surface area contributed by atoms with Crippen molar-refractivity contribution in [3.8, 4) is 11.8 Å². The molecular weight excluding hydrogens is 224 g/mol. The summed E-state index contributed by atoms with van der Waals surface area (Å²) in [4.78, 5) is 4.13. The maximum absolute atomic E-state index is 5.69. The van der Waals surface area contributed by atoms with Crippen molar-refractivity contribution in [2.24, 2.45) is 0 Å². The molecule has 0 unspecified atom stereocenters. The molecule has 0 atom stereocenters. The third kappa shape index (κ3) is 2.02. The Kier molecular flexibility index (Phi) is 2.43. The van der Waals surface area contributed by atoms with Crippen molar-refractivity contribution >= 4 is 11.3 Å². The average Bonchev–Trinajstić information content (AvgIpc) is 2.84. The first-order chi connectivity index (χ1) is 8.81. The van der Waals surface area contributed by atoms with Crippen LogP contribution in [0.2, 0.25) is 0 Å². The van der Waals surface area contributed by atoms with Gasteiger partial charge in [0.15, 0.2) is 5.65 Å². The highest BCUT2D eigenvalue weighted by molar-refractivity contribution is 5.49. The van der Waals surface area contributed by atoms with Crippen molar-refractivity contribution in [1.82, 2.24) is 14.6 Å². The molecule has 18 heavy (non-hydrogen) atoms. The van der Waals surface area contributed by atoms with Crippen LogP contribution in [0.1, 0.15) is 11.3 Å². The summed E-state index contributed by atoms with van der Waals surface area (Å²) in [6.07, 6.45) is 3.50. The summed E-state index contributed by atoms with van der Waals surface area (Å²) >= 11 is 0. The highest BCUT2D eigenvalue weighted by Gasteiger charge is 1.95. The van der Waals surface area contributed by atoms with E-state index in [1.165, 1.54) is 0 Å². The lowest BCUT2D eigenvalue weighted by molar-refractivity contribution is 0.924. The summed E-state index contributed by atoms with van der Waals surface area (Å²) in [5.41, 5.74) is 8.78. The third-order valence-corrected chi connectivity index (χ3v) is 2.48. The summed E-state index contributed by atoms with van der Waals surface area (Å²) < 4.78 is 1.70. The van der Waals surface area contributed by atoms with E-state index in [4.69, 9.17) is 5.73 Å². The number of fused-ring (bicyclic) bond motifs is 1. The molecule has 3 aromatic rings. The standard InChI is InChI=1S/C14H10N4/c15-12-3-1-2-11(10-12)4-5-13-6-7-14-16-8-9-18(14)17-13/h1-3,6-10H,15H2. The van der Waals surface area contributed by atoms with E-state index in [1.54, 1.807) is 16.9 Å². The Morgan fingerprint density at radius 1 is 1.11 bits per heavy atom. The second-order valence-corrected chi connectivity index (χ2v) is 3.82. The number of rotatable bonds is 0. The molecule has 0 amide bonds. The van der Waals surface area contributed by atoms with Crippen molar-refractivity contribution in [2.45, 2.75) is 0 Å². The Labute approximate surface area is 104 Å². The summed E-state index contributed by atoms with van der Waals surface area (Å²) in [6.45, 7) is 0. The summed E-state index contributed by atoms with van der Waals surface area (Å²) in [7, 11) is 0. The Hall–Kier alpha value is -2.80. The minimum absolute atomic E-state index is 0.697. The lowest BCUT2D eigenvalue weighted by Crippen LogP contribution is -1.93. The van der Waals surface area contributed by atoms with Crippen molar-refractivity contribution in [2.75, 3.05) is 5.73 Å². The maximum atomic E-state index is 5.69. The fourth-order valence-corrected chi connectivity index (χ4v) is 1.63. The lowest BCUT2D eigenvalue weighted by atomic mass is 10.2.